The number of hydrogen-bond acceptors (Lipinski definition) is 5. The molecule has 1 unspecified atom stereocenters. The zero-order valence-electron chi connectivity index (χ0n) is 24.3. The molecule has 1 amide bonds. The summed E-state index contributed by atoms with van der Waals surface area (Å²) in [6.45, 7) is 1.51. The van der Waals surface area contributed by atoms with Gasteiger partial charge in [-0.25, -0.2) is 9.59 Å². The number of carbonyl (C=O) groups is 2. The van der Waals surface area contributed by atoms with Gasteiger partial charge in [-0.3, -0.25) is 0 Å². The molecule has 1 aliphatic carbocycles. The van der Waals surface area contributed by atoms with Crippen LogP contribution < -0.4 is 5.32 Å². The highest BCUT2D eigenvalue weighted by atomic mass is 16.6. The maximum atomic E-state index is 14.0. The van der Waals surface area contributed by atoms with Gasteiger partial charge < -0.3 is 19.9 Å². The van der Waals surface area contributed by atoms with Crippen LogP contribution in [0.4, 0.5) is 4.79 Å². The molecule has 0 radical (unpaired) electrons. The summed E-state index contributed by atoms with van der Waals surface area (Å²) < 4.78 is 12.1. The molecule has 6 nitrogen and oxygen atoms in total. The zero-order chi connectivity index (χ0) is 30.5. The minimum Gasteiger partial charge on any atom is -0.449 e. The number of fused-ring (bicyclic) bond motifs is 3. The van der Waals surface area contributed by atoms with Crippen molar-refractivity contribution in [2.45, 2.75) is 30.6 Å². The molecule has 0 bridgehead atoms. The molecule has 0 fully saturated rings. The fourth-order valence-electron chi connectivity index (χ4n) is 6.05. The van der Waals surface area contributed by atoms with Gasteiger partial charge >= 0.3 is 12.1 Å². The fraction of sp³-hybridized carbons (Fsp3) is 0.158. The molecule has 5 aromatic carbocycles. The molecule has 0 saturated heterocycles. The first-order valence-corrected chi connectivity index (χ1v) is 14.7. The van der Waals surface area contributed by atoms with E-state index in [2.05, 4.69) is 17.4 Å². The Bertz CT molecular complexity index is 1600. The first-order chi connectivity index (χ1) is 21.5. The topological polar surface area (TPSA) is 84.9 Å². The van der Waals surface area contributed by atoms with Gasteiger partial charge in [-0.1, -0.05) is 140 Å². The molecule has 6 heteroatoms. The van der Waals surface area contributed by atoms with Gasteiger partial charge in [0.25, 0.3) is 0 Å². The lowest BCUT2D eigenvalue weighted by Gasteiger charge is -2.36. The van der Waals surface area contributed by atoms with Crippen LogP contribution in [-0.2, 0) is 19.9 Å². The molecule has 2 N–H and O–H groups in total. The summed E-state index contributed by atoms with van der Waals surface area (Å²) in [5.74, 6) is -0.947. The van der Waals surface area contributed by atoms with Crippen LogP contribution >= 0.6 is 0 Å². The Morgan fingerprint density at radius 1 is 0.682 bits per heavy atom. The van der Waals surface area contributed by atoms with E-state index in [-0.39, 0.29) is 12.5 Å². The third-order valence-corrected chi connectivity index (χ3v) is 8.15. The number of benzene rings is 5. The lowest BCUT2D eigenvalue weighted by atomic mass is 9.80. The van der Waals surface area contributed by atoms with Crippen LogP contribution in [0, 0.1) is 0 Å². The van der Waals surface area contributed by atoms with E-state index in [1.165, 1.54) is 6.92 Å². The number of esters is 1. The molecule has 44 heavy (non-hydrogen) atoms. The Morgan fingerprint density at radius 3 is 1.52 bits per heavy atom. The van der Waals surface area contributed by atoms with Crippen LogP contribution in [0.2, 0.25) is 0 Å². The Hall–Kier alpha value is -5.20. The van der Waals surface area contributed by atoms with Crippen molar-refractivity contribution in [1.29, 1.82) is 0 Å². The van der Waals surface area contributed by atoms with Gasteiger partial charge in [0.05, 0.1) is 6.10 Å². The highest BCUT2D eigenvalue weighted by Gasteiger charge is 2.43. The van der Waals surface area contributed by atoms with E-state index >= 15 is 0 Å². The molecule has 0 spiro atoms. The van der Waals surface area contributed by atoms with Crippen LogP contribution in [-0.4, -0.2) is 35.9 Å². The highest BCUT2D eigenvalue weighted by molar-refractivity contribution is 5.83. The number of carbonyl (C=O) groups excluding carboxylic acids is 2. The number of rotatable bonds is 9. The number of ether oxygens (including phenoxy) is 2. The summed E-state index contributed by atoms with van der Waals surface area (Å²) >= 11 is 0. The second-order valence-corrected chi connectivity index (χ2v) is 10.9. The minimum absolute atomic E-state index is 0.0728. The van der Waals surface area contributed by atoms with Gasteiger partial charge in [0.1, 0.15) is 6.61 Å². The van der Waals surface area contributed by atoms with Gasteiger partial charge in [0.15, 0.2) is 11.6 Å². The van der Waals surface area contributed by atoms with Gasteiger partial charge in [-0.2, -0.15) is 0 Å². The Morgan fingerprint density at radius 2 is 1.09 bits per heavy atom. The molecule has 0 heterocycles. The molecular formula is C38H33NO5. The van der Waals surface area contributed by atoms with Gasteiger partial charge in [0, 0.05) is 22.6 Å². The Kier molecular flexibility index (Phi) is 8.26. The molecule has 1 aliphatic rings. The Labute approximate surface area is 256 Å². The van der Waals surface area contributed by atoms with Gasteiger partial charge in [-0.05, 0) is 29.2 Å². The van der Waals surface area contributed by atoms with E-state index in [1.54, 1.807) is 0 Å². The van der Waals surface area contributed by atoms with Crippen LogP contribution in [0.1, 0.15) is 40.7 Å². The van der Waals surface area contributed by atoms with Crippen molar-refractivity contribution in [2.75, 3.05) is 6.61 Å². The lowest BCUT2D eigenvalue weighted by molar-refractivity contribution is -0.158. The molecular weight excluding hydrogens is 550 g/mol. The summed E-state index contributed by atoms with van der Waals surface area (Å²) in [5, 5.41) is 13.3. The van der Waals surface area contributed by atoms with Crippen LogP contribution in [0.15, 0.2) is 140 Å². The number of aliphatic hydroxyl groups excluding tert-OH is 1. The van der Waals surface area contributed by atoms with Crippen molar-refractivity contribution in [3.05, 3.63) is 167 Å². The predicted molar refractivity (Wildman–Crippen MR) is 169 cm³/mol. The molecule has 6 rings (SSSR count). The second kappa shape index (κ2) is 12.6. The molecule has 220 valence electrons. The number of hydrogen-bond donors (Lipinski definition) is 2. The maximum Gasteiger partial charge on any atom is 0.407 e. The largest absolute Gasteiger partial charge is 0.449 e. The van der Waals surface area contributed by atoms with E-state index in [4.69, 9.17) is 9.47 Å². The summed E-state index contributed by atoms with van der Waals surface area (Å²) in [7, 11) is 0. The first kappa shape index (κ1) is 28.9. The van der Waals surface area contributed by atoms with Crippen LogP contribution in [0.25, 0.3) is 11.1 Å². The third-order valence-electron chi connectivity index (χ3n) is 8.15. The Balaban J connectivity index is 1.26. The summed E-state index contributed by atoms with van der Waals surface area (Å²) in [5.41, 5.74) is 5.18. The van der Waals surface area contributed by atoms with Crippen molar-refractivity contribution < 1.29 is 24.2 Å². The van der Waals surface area contributed by atoms with Crippen molar-refractivity contribution in [2.24, 2.45) is 0 Å². The highest BCUT2D eigenvalue weighted by Crippen LogP contribution is 2.44. The molecule has 5 aromatic rings. The number of amides is 1. The lowest BCUT2D eigenvalue weighted by Crippen LogP contribution is -2.51. The van der Waals surface area contributed by atoms with Gasteiger partial charge in [-0.15, -0.1) is 0 Å². The SMILES string of the molecule is CC(O)[C@H](NC(=O)OCC1c2ccccc2-c2ccccc21)C(=O)OC(c1ccccc1)(c1ccccc1)c1ccccc1. The fourth-order valence-corrected chi connectivity index (χ4v) is 6.05. The second-order valence-electron chi connectivity index (χ2n) is 10.9. The zero-order valence-corrected chi connectivity index (χ0v) is 24.3. The summed E-state index contributed by atoms with van der Waals surface area (Å²) in [6.07, 6.45) is -2.08. The predicted octanol–water partition coefficient (Wildman–Crippen LogP) is 6.81. The standard InChI is InChI=1S/C38H33NO5/c1-26(40)35(39-37(42)43-25-34-32-23-13-11-21-30(32)31-22-12-14-24-33(31)34)36(41)44-38(27-15-5-2-6-16-27,28-17-7-3-8-18-28)29-19-9-4-10-20-29/h2-24,26,34-35,40H,25H2,1H3,(H,39,42)/t26?,35-/m0/s1. The smallest absolute Gasteiger partial charge is 0.407 e. The third kappa shape index (κ3) is 5.48. The van der Waals surface area contributed by atoms with Crippen LogP contribution in [0.3, 0.4) is 0 Å². The average Bonchev–Trinajstić information content (AvgIpc) is 3.39. The number of aliphatic hydroxyl groups is 1. The first-order valence-electron chi connectivity index (χ1n) is 14.7. The number of alkyl carbamates (subject to hydrolysis) is 1. The van der Waals surface area contributed by atoms with E-state index in [0.717, 1.165) is 38.9 Å². The average molecular weight is 584 g/mol. The molecule has 0 aliphatic heterocycles. The minimum atomic E-state index is -1.39. The summed E-state index contributed by atoms with van der Waals surface area (Å²) in [4.78, 5) is 27.2. The van der Waals surface area contributed by atoms with Crippen molar-refractivity contribution in [1.82, 2.24) is 5.32 Å². The maximum absolute atomic E-state index is 14.0. The van der Waals surface area contributed by atoms with E-state index in [1.807, 2.05) is 127 Å². The quantitative estimate of drug-likeness (QED) is 0.147. The summed E-state index contributed by atoms with van der Waals surface area (Å²) in [6, 6.07) is 43.0. The van der Waals surface area contributed by atoms with E-state index < -0.39 is 29.8 Å². The normalized spacial score (nSPS) is 13.7. The van der Waals surface area contributed by atoms with Crippen molar-refractivity contribution >= 4 is 12.1 Å². The van der Waals surface area contributed by atoms with Crippen molar-refractivity contribution in [3.63, 3.8) is 0 Å². The van der Waals surface area contributed by atoms with Gasteiger partial charge in [0.2, 0.25) is 0 Å². The van der Waals surface area contributed by atoms with Crippen LogP contribution in [0.5, 0.6) is 0 Å². The molecule has 2 atom stereocenters. The molecule has 0 aromatic heterocycles. The van der Waals surface area contributed by atoms with E-state index in [0.29, 0.717) is 0 Å². The van der Waals surface area contributed by atoms with E-state index in [9.17, 15) is 14.7 Å². The number of nitrogens with one attached hydrogen (secondary N) is 1. The van der Waals surface area contributed by atoms with Crippen molar-refractivity contribution in [3.8, 4) is 11.1 Å². The molecule has 0 saturated carbocycles. The monoisotopic (exact) mass is 583 g/mol.